The van der Waals surface area contributed by atoms with Crippen LogP contribution in [0.4, 0.5) is 5.69 Å². The number of rotatable bonds is 6. The van der Waals surface area contributed by atoms with Gasteiger partial charge in [-0.15, -0.1) is 0 Å². The molecule has 1 aliphatic rings. The molecule has 0 aliphatic carbocycles. The van der Waals surface area contributed by atoms with Crippen LogP contribution >= 0.6 is 0 Å². The van der Waals surface area contributed by atoms with E-state index in [9.17, 15) is 9.59 Å². The first-order chi connectivity index (χ1) is 12.4. The van der Waals surface area contributed by atoms with E-state index in [0.29, 0.717) is 24.1 Å². The summed E-state index contributed by atoms with van der Waals surface area (Å²) in [6.07, 6.45) is 3.55. The Morgan fingerprint density at radius 3 is 2.96 bits per heavy atom. The van der Waals surface area contributed by atoms with Crippen LogP contribution in [0.25, 0.3) is 0 Å². The zero-order valence-corrected chi connectivity index (χ0v) is 15.5. The molecule has 2 N–H and O–H groups in total. The van der Waals surface area contributed by atoms with E-state index in [-0.39, 0.29) is 11.5 Å². The van der Waals surface area contributed by atoms with E-state index in [1.54, 1.807) is 19.3 Å². The van der Waals surface area contributed by atoms with E-state index in [1.165, 1.54) is 4.68 Å². The van der Waals surface area contributed by atoms with Crippen molar-refractivity contribution >= 4 is 11.6 Å². The molecule has 8 nitrogen and oxygen atoms in total. The van der Waals surface area contributed by atoms with Gasteiger partial charge in [-0.05, 0) is 30.7 Å². The Hall–Kier alpha value is -2.64. The molecule has 1 aliphatic heterocycles. The highest BCUT2D eigenvalue weighted by Crippen LogP contribution is 2.21. The highest BCUT2D eigenvalue weighted by molar-refractivity contribution is 5.92. The number of hydrogen-bond acceptors (Lipinski definition) is 5. The van der Waals surface area contributed by atoms with Gasteiger partial charge in [0, 0.05) is 38.4 Å². The molecular weight excluding hydrogens is 332 g/mol. The SMILES string of the molecule is CC(C)Cc1cc(C(=O)NCC2CCN(c3cnn(C)c(=O)c3)C2)n[nH]1. The zero-order valence-electron chi connectivity index (χ0n) is 15.5. The maximum atomic E-state index is 12.3. The first-order valence-electron chi connectivity index (χ1n) is 9.03. The monoisotopic (exact) mass is 358 g/mol. The number of aromatic amines is 1. The number of aryl methyl sites for hydroxylation is 1. The van der Waals surface area contributed by atoms with Gasteiger partial charge >= 0.3 is 0 Å². The summed E-state index contributed by atoms with van der Waals surface area (Å²) in [6.45, 7) is 6.51. The van der Waals surface area contributed by atoms with E-state index < -0.39 is 0 Å². The molecule has 0 saturated carbocycles. The van der Waals surface area contributed by atoms with Crippen molar-refractivity contribution in [2.24, 2.45) is 18.9 Å². The summed E-state index contributed by atoms with van der Waals surface area (Å²) < 4.78 is 1.31. The van der Waals surface area contributed by atoms with Gasteiger partial charge in [0.05, 0.1) is 11.9 Å². The fraction of sp³-hybridized carbons (Fsp3) is 0.556. The van der Waals surface area contributed by atoms with Crippen LogP contribution in [0.3, 0.4) is 0 Å². The van der Waals surface area contributed by atoms with Crippen molar-refractivity contribution in [2.75, 3.05) is 24.5 Å². The lowest BCUT2D eigenvalue weighted by molar-refractivity contribution is 0.0943. The quantitative estimate of drug-likeness (QED) is 0.802. The summed E-state index contributed by atoms with van der Waals surface area (Å²) in [5.74, 6) is 0.710. The zero-order chi connectivity index (χ0) is 18.7. The molecule has 2 aromatic rings. The van der Waals surface area contributed by atoms with Gasteiger partial charge in [-0.1, -0.05) is 13.8 Å². The molecule has 0 spiro atoms. The number of nitrogens with zero attached hydrogens (tertiary/aromatic N) is 4. The molecule has 0 bridgehead atoms. The molecular formula is C18H26N6O2. The molecule has 140 valence electrons. The Kier molecular flexibility index (Phi) is 5.39. The summed E-state index contributed by atoms with van der Waals surface area (Å²) >= 11 is 0. The van der Waals surface area contributed by atoms with Gasteiger partial charge in [0.2, 0.25) is 0 Å². The van der Waals surface area contributed by atoms with Crippen LogP contribution in [0.15, 0.2) is 23.1 Å². The number of anilines is 1. The molecule has 1 unspecified atom stereocenters. The van der Waals surface area contributed by atoms with E-state index in [0.717, 1.165) is 37.3 Å². The van der Waals surface area contributed by atoms with Crippen LogP contribution in [0.2, 0.25) is 0 Å². The molecule has 1 fully saturated rings. The standard InChI is InChI=1S/C18H26N6O2/c1-12(2)6-14-7-16(22-21-14)18(26)19-9-13-4-5-24(11-13)15-8-17(25)23(3)20-10-15/h7-8,10,12-13H,4-6,9,11H2,1-3H3,(H,19,26)(H,21,22). The van der Waals surface area contributed by atoms with Crippen LogP contribution in [0.1, 0.15) is 36.5 Å². The lowest BCUT2D eigenvalue weighted by Crippen LogP contribution is -2.31. The Balaban J connectivity index is 1.51. The minimum absolute atomic E-state index is 0.116. The fourth-order valence-corrected chi connectivity index (χ4v) is 3.22. The van der Waals surface area contributed by atoms with Crippen LogP contribution in [-0.2, 0) is 13.5 Å². The number of H-pyrrole nitrogens is 1. The van der Waals surface area contributed by atoms with Gasteiger partial charge in [-0.25, -0.2) is 4.68 Å². The van der Waals surface area contributed by atoms with Crippen LogP contribution in [0.5, 0.6) is 0 Å². The van der Waals surface area contributed by atoms with Gasteiger partial charge < -0.3 is 10.2 Å². The predicted octanol–water partition coefficient (Wildman–Crippen LogP) is 0.958. The highest BCUT2D eigenvalue weighted by atomic mass is 16.2. The maximum absolute atomic E-state index is 12.3. The number of amides is 1. The first kappa shape index (κ1) is 18.2. The molecule has 26 heavy (non-hydrogen) atoms. The highest BCUT2D eigenvalue weighted by Gasteiger charge is 2.24. The second kappa shape index (κ2) is 7.72. The summed E-state index contributed by atoms with van der Waals surface area (Å²) in [6, 6.07) is 3.43. The van der Waals surface area contributed by atoms with Gasteiger partial charge in [0.1, 0.15) is 5.69 Å². The number of carbonyl (C=O) groups excluding carboxylic acids is 1. The average molecular weight is 358 g/mol. The Bertz CT molecular complexity index is 825. The third kappa shape index (κ3) is 4.30. The van der Waals surface area contributed by atoms with Crippen molar-refractivity contribution in [3.05, 3.63) is 40.1 Å². The van der Waals surface area contributed by atoms with Gasteiger partial charge in [-0.3, -0.25) is 14.7 Å². The third-order valence-electron chi connectivity index (χ3n) is 4.65. The normalized spacial score (nSPS) is 17.1. The van der Waals surface area contributed by atoms with E-state index >= 15 is 0 Å². The number of aromatic nitrogens is 4. The second-order valence-corrected chi connectivity index (χ2v) is 7.36. The Morgan fingerprint density at radius 1 is 1.42 bits per heavy atom. The second-order valence-electron chi connectivity index (χ2n) is 7.36. The van der Waals surface area contributed by atoms with Crippen molar-refractivity contribution in [1.82, 2.24) is 25.3 Å². The molecule has 1 saturated heterocycles. The molecule has 3 heterocycles. The number of carbonyl (C=O) groups is 1. The van der Waals surface area contributed by atoms with Crippen molar-refractivity contribution in [3.63, 3.8) is 0 Å². The molecule has 2 aromatic heterocycles. The van der Waals surface area contributed by atoms with E-state index in [2.05, 4.69) is 39.4 Å². The molecule has 3 rings (SSSR count). The summed E-state index contributed by atoms with van der Waals surface area (Å²) in [5, 5.41) is 14.1. The maximum Gasteiger partial charge on any atom is 0.271 e. The topological polar surface area (TPSA) is 95.9 Å². The van der Waals surface area contributed by atoms with Crippen molar-refractivity contribution < 1.29 is 4.79 Å². The molecule has 1 atom stereocenters. The smallest absolute Gasteiger partial charge is 0.271 e. The Labute approximate surface area is 152 Å². The minimum Gasteiger partial charge on any atom is -0.370 e. The van der Waals surface area contributed by atoms with Crippen molar-refractivity contribution in [3.8, 4) is 0 Å². The molecule has 1 amide bonds. The largest absolute Gasteiger partial charge is 0.370 e. The number of nitrogens with one attached hydrogen (secondary N) is 2. The fourth-order valence-electron chi connectivity index (χ4n) is 3.22. The van der Waals surface area contributed by atoms with Crippen molar-refractivity contribution in [1.29, 1.82) is 0 Å². The van der Waals surface area contributed by atoms with Gasteiger partial charge in [0.25, 0.3) is 11.5 Å². The summed E-state index contributed by atoms with van der Waals surface area (Å²) in [4.78, 5) is 26.1. The predicted molar refractivity (Wildman–Crippen MR) is 99.3 cm³/mol. The minimum atomic E-state index is -0.148. The summed E-state index contributed by atoms with van der Waals surface area (Å²) in [5.41, 5.74) is 2.14. The third-order valence-corrected chi connectivity index (χ3v) is 4.65. The molecule has 8 heteroatoms. The average Bonchev–Trinajstić information content (AvgIpc) is 3.24. The first-order valence-corrected chi connectivity index (χ1v) is 9.03. The Morgan fingerprint density at radius 2 is 2.23 bits per heavy atom. The van der Waals surface area contributed by atoms with Gasteiger partial charge in [-0.2, -0.15) is 10.2 Å². The molecule has 0 aromatic carbocycles. The number of hydrogen-bond donors (Lipinski definition) is 2. The van der Waals surface area contributed by atoms with Crippen LogP contribution < -0.4 is 15.8 Å². The van der Waals surface area contributed by atoms with Gasteiger partial charge in [0.15, 0.2) is 0 Å². The lowest BCUT2D eigenvalue weighted by atomic mass is 10.1. The molecule has 0 radical (unpaired) electrons. The van der Waals surface area contributed by atoms with Crippen LogP contribution in [-0.4, -0.2) is 45.5 Å². The van der Waals surface area contributed by atoms with E-state index in [4.69, 9.17) is 0 Å². The van der Waals surface area contributed by atoms with Crippen LogP contribution in [0, 0.1) is 11.8 Å². The lowest BCUT2D eigenvalue weighted by Gasteiger charge is -2.18. The van der Waals surface area contributed by atoms with Crippen molar-refractivity contribution in [2.45, 2.75) is 26.7 Å². The van der Waals surface area contributed by atoms with E-state index in [1.807, 2.05) is 6.07 Å². The summed E-state index contributed by atoms with van der Waals surface area (Å²) in [7, 11) is 1.63.